The van der Waals surface area contributed by atoms with Crippen LogP contribution in [0.25, 0.3) is 0 Å². The number of guanidine groups is 1. The largest absolute Gasteiger partial charge is 0.382 e. The van der Waals surface area contributed by atoms with Crippen molar-refractivity contribution in [2.75, 3.05) is 59.8 Å². The van der Waals surface area contributed by atoms with Gasteiger partial charge in [0, 0.05) is 52.5 Å². The molecule has 2 N–H and O–H groups in total. The third kappa shape index (κ3) is 9.66. The van der Waals surface area contributed by atoms with Crippen molar-refractivity contribution in [1.29, 1.82) is 0 Å². The lowest BCUT2D eigenvalue weighted by atomic mass is 10.1. The summed E-state index contributed by atoms with van der Waals surface area (Å²) in [5, 5.41) is 6.55. The van der Waals surface area contributed by atoms with Crippen LogP contribution in [0.2, 0.25) is 0 Å². The molecule has 0 amide bonds. The zero-order chi connectivity index (χ0) is 15.2. The maximum absolute atomic E-state index is 5.66. The van der Waals surface area contributed by atoms with E-state index >= 15 is 0 Å². The Labute approximate surface area is 128 Å². The van der Waals surface area contributed by atoms with Gasteiger partial charge in [-0.1, -0.05) is 0 Å². The minimum absolute atomic E-state index is 0.595. The van der Waals surface area contributed by atoms with E-state index in [0.29, 0.717) is 5.92 Å². The monoisotopic (exact) mass is 301 g/mol. The van der Waals surface area contributed by atoms with Crippen LogP contribution in [0.3, 0.4) is 0 Å². The molecule has 1 unspecified atom stereocenters. The molecule has 0 aromatic carbocycles. The van der Waals surface area contributed by atoms with E-state index in [1.165, 1.54) is 0 Å². The molecule has 0 radical (unpaired) electrons. The maximum atomic E-state index is 5.66. The molecular weight excluding hydrogens is 270 g/mol. The Morgan fingerprint density at radius 3 is 2.48 bits per heavy atom. The van der Waals surface area contributed by atoms with Crippen molar-refractivity contribution in [3.05, 3.63) is 0 Å². The summed E-state index contributed by atoms with van der Waals surface area (Å²) < 4.78 is 16.3. The first-order valence-electron chi connectivity index (χ1n) is 8.04. The van der Waals surface area contributed by atoms with Crippen LogP contribution in [0.15, 0.2) is 4.99 Å². The molecule has 1 aliphatic heterocycles. The molecule has 1 saturated heterocycles. The van der Waals surface area contributed by atoms with Gasteiger partial charge in [0.15, 0.2) is 5.96 Å². The van der Waals surface area contributed by atoms with Gasteiger partial charge in [-0.05, 0) is 26.2 Å². The summed E-state index contributed by atoms with van der Waals surface area (Å²) in [7, 11) is 1.79. The standard InChI is InChI=1S/C15H31N3O3/c1-3-19-9-4-7-17-15(16-2)18-8-5-10-20-12-14-6-11-21-13-14/h14H,3-13H2,1-2H3,(H2,16,17,18). The van der Waals surface area contributed by atoms with Crippen LogP contribution in [-0.4, -0.2) is 65.7 Å². The van der Waals surface area contributed by atoms with Gasteiger partial charge in [0.05, 0.1) is 13.2 Å². The van der Waals surface area contributed by atoms with Gasteiger partial charge in [-0.2, -0.15) is 0 Å². The lowest BCUT2D eigenvalue weighted by Crippen LogP contribution is -2.38. The fourth-order valence-corrected chi connectivity index (χ4v) is 2.09. The second-order valence-electron chi connectivity index (χ2n) is 5.13. The fraction of sp³-hybridized carbons (Fsp3) is 0.933. The van der Waals surface area contributed by atoms with Crippen LogP contribution >= 0.6 is 0 Å². The number of aliphatic imine (C=N–C) groups is 1. The zero-order valence-electron chi connectivity index (χ0n) is 13.5. The van der Waals surface area contributed by atoms with E-state index in [1.807, 2.05) is 6.92 Å². The third-order valence-electron chi connectivity index (χ3n) is 3.32. The molecule has 6 nitrogen and oxygen atoms in total. The number of hydrogen-bond acceptors (Lipinski definition) is 4. The highest BCUT2D eigenvalue weighted by Crippen LogP contribution is 2.12. The Kier molecular flexibility index (Phi) is 11.1. The number of rotatable bonds is 11. The lowest BCUT2D eigenvalue weighted by molar-refractivity contribution is 0.0888. The molecule has 0 saturated carbocycles. The average Bonchev–Trinajstić information content (AvgIpc) is 3.01. The van der Waals surface area contributed by atoms with E-state index < -0.39 is 0 Å². The zero-order valence-corrected chi connectivity index (χ0v) is 13.5. The molecule has 0 spiro atoms. The van der Waals surface area contributed by atoms with Gasteiger partial charge < -0.3 is 24.8 Å². The highest BCUT2D eigenvalue weighted by Gasteiger charge is 2.15. The highest BCUT2D eigenvalue weighted by atomic mass is 16.5. The summed E-state index contributed by atoms with van der Waals surface area (Å²) in [5.41, 5.74) is 0. The minimum Gasteiger partial charge on any atom is -0.382 e. The van der Waals surface area contributed by atoms with Crippen molar-refractivity contribution >= 4 is 5.96 Å². The van der Waals surface area contributed by atoms with E-state index in [0.717, 1.165) is 78.0 Å². The van der Waals surface area contributed by atoms with E-state index in [9.17, 15) is 0 Å². The molecule has 1 heterocycles. The summed E-state index contributed by atoms with van der Waals surface area (Å²) in [5.74, 6) is 1.44. The van der Waals surface area contributed by atoms with Crippen LogP contribution in [0.1, 0.15) is 26.2 Å². The first-order chi connectivity index (χ1) is 10.4. The summed E-state index contributed by atoms with van der Waals surface area (Å²) in [6.45, 7) is 8.67. The Morgan fingerprint density at radius 1 is 1.19 bits per heavy atom. The number of nitrogens with one attached hydrogen (secondary N) is 2. The minimum atomic E-state index is 0.595. The second kappa shape index (κ2) is 12.9. The van der Waals surface area contributed by atoms with Gasteiger partial charge in [0.2, 0.25) is 0 Å². The van der Waals surface area contributed by atoms with E-state index in [4.69, 9.17) is 14.2 Å². The SMILES string of the molecule is CCOCCCNC(=NC)NCCCOCC1CCOC1. The summed E-state index contributed by atoms with van der Waals surface area (Å²) in [4.78, 5) is 4.18. The van der Waals surface area contributed by atoms with Gasteiger partial charge in [0.1, 0.15) is 0 Å². The van der Waals surface area contributed by atoms with Crippen LogP contribution in [0.5, 0.6) is 0 Å². The Bertz CT molecular complexity index is 269. The first-order valence-corrected chi connectivity index (χ1v) is 8.04. The van der Waals surface area contributed by atoms with Crippen molar-refractivity contribution in [3.8, 4) is 0 Å². The van der Waals surface area contributed by atoms with Crippen molar-refractivity contribution in [3.63, 3.8) is 0 Å². The predicted molar refractivity (Wildman–Crippen MR) is 84.8 cm³/mol. The van der Waals surface area contributed by atoms with Crippen LogP contribution in [-0.2, 0) is 14.2 Å². The Morgan fingerprint density at radius 2 is 1.90 bits per heavy atom. The van der Waals surface area contributed by atoms with Crippen molar-refractivity contribution in [1.82, 2.24) is 10.6 Å². The molecule has 6 heteroatoms. The molecule has 0 bridgehead atoms. The summed E-state index contributed by atoms with van der Waals surface area (Å²) >= 11 is 0. The van der Waals surface area contributed by atoms with E-state index in [-0.39, 0.29) is 0 Å². The summed E-state index contributed by atoms with van der Waals surface area (Å²) in [6.07, 6.45) is 3.10. The predicted octanol–water partition coefficient (Wildman–Crippen LogP) is 1.02. The molecule has 0 aliphatic carbocycles. The van der Waals surface area contributed by atoms with Crippen LogP contribution in [0, 0.1) is 5.92 Å². The average molecular weight is 301 g/mol. The van der Waals surface area contributed by atoms with Crippen LogP contribution < -0.4 is 10.6 Å². The lowest BCUT2D eigenvalue weighted by Gasteiger charge is -2.12. The van der Waals surface area contributed by atoms with Gasteiger partial charge >= 0.3 is 0 Å². The molecule has 21 heavy (non-hydrogen) atoms. The smallest absolute Gasteiger partial charge is 0.190 e. The maximum Gasteiger partial charge on any atom is 0.190 e. The molecule has 124 valence electrons. The second-order valence-corrected chi connectivity index (χ2v) is 5.13. The molecule has 1 rings (SSSR count). The quantitative estimate of drug-likeness (QED) is 0.339. The molecule has 1 aliphatic rings. The summed E-state index contributed by atoms with van der Waals surface area (Å²) in [6, 6.07) is 0. The first kappa shape index (κ1) is 18.2. The van der Waals surface area contributed by atoms with Crippen LogP contribution in [0.4, 0.5) is 0 Å². The van der Waals surface area contributed by atoms with Crippen molar-refractivity contribution < 1.29 is 14.2 Å². The van der Waals surface area contributed by atoms with E-state index in [2.05, 4.69) is 15.6 Å². The number of hydrogen-bond donors (Lipinski definition) is 2. The molecule has 0 aromatic rings. The van der Waals surface area contributed by atoms with Crippen molar-refractivity contribution in [2.45, 2.75) is 26.2 Å². The Balaban J connectivity index is 1.89. The van der Waals surface area contributed by atoms with Crippen molar-refractivity contribution in [2.24, 2.45) is 10.9 Å². The highest BCUT2D eigenvalue weighted by molar-refractivity contribution is 5.79. The molecule has 1 fully saturated rings. The Hall–Kier alpha value is -0.850. The third-order valence-corrected chi connectivity index (χ3v) is 3.32. The van der Waals surface area contributed by atoms with Gasteiger partial charge in [0.25, 0.3) is 0 Å². The number of ether oxygens (including phenoxy) is 3. The van der Waals surface area contributed by atoms with Gasteiger partial charge in [-0.15, -0.1) is 0 Å². The van der Waals surface area contributed by atoms with Gasteiger partial charge in [-0.25, -0.2) is 0 Å². The van der Waals surface area contributed by atoms with Gasteiger partial charge in [-0.3, -0.25) is 4.99 Å². The normalized spacial score (nSPS) is 19.0. The fourth-order valence-electron chi connectivity index (χ4n) is 2.09. The molecule has 0 aromatic heterocycles. The molecule has 1 atom stereocenters. The number of nitrogens with zero attached hydrogens (tertiary/aromatic N) is 1. The molecular formula is C15H31N3O3. The topological polar surface area (TPSA) is 64.1 Å². The van der Waals surface area contributed by atoms with E-state index in [1.54, 1.807) is 7.05 Å².